The van der Waals surface area contributed by atoms with Gasteiger partial charge in [-0.1, -0.05) is 12.1 Å². The van der Waals surface area contributed by atoms with Gasteiger partial charge in [-0.3, -0.25) is 5.01 Å². The number of nitrogens with zero attached hydrogens (tertiary/aromatic N) is 1. The monoisotopic (exact) mass is 251 g/mol. The topological polar surface area (TPSA) is 36.5 Å². The highest BCUT2D eigenvalue weighted by Crippen LogP contribution is 2.24. The molecule has 0 saturated carbocycles. The first-order valence-corrected chi connectivity index (χ1v) is 6.03. The van der Waals surface area contributed by atoms with Gasteiger partial charge in [0.2, 0.25) is 0 Å². The highest BCUT2D eigenvalue weighted by atomic mass is 32.1. The van der Waals surface area contributed by atoms with Crippen LogP contribution in [-0.2, 0) is 5.66 Å². The number of hydrogen-bond donors (Lipinski definition) is 2. The van der Waals surface area contributed by atoms with Crippen LogP contribution in [0.2, 0.25) is 0 Å². The normalized spacial score (nSPS) is 23.7. The quantitative estimate of drug-likeness (QED) is 0.798. The van der Waals surface area contributed by atoms with Gasteiger partial charge in [-0.25, -0.2) is 5.43 Å². The fourth-order valence-corrected chi connectivity index (χ4v) is 2.15. The Morgan fingerprint density at radius 1 is 1.35 bits per heavy atom. The molecule has 0 aromatic heterocycles. The fraction of sp³-hybridized carbons (Fsp3) is 0.417. The van der Waals surface area contributed by atoms with Gasteiger partial charge in [0.15, 0.2) is 5.11 Å². The highest BCUT2D eigenvalue weighted by Gasteiger charge is 2.35. The van der Waals surface area contributed by atoms with Crippen molar-refractivity contribution in [2.75, 3.05) is 13.7 Å². The molecule has 1 heterocycles. The summed E-state index contributed by atoms with van der Waals surface area (Å²) < 4.78 is 5.42. The highest BCUT2D eigenvalue weighted by molar-refractivity contribution is 7.80. The average Bonchev–Trinajstić information content (AvgIpc) is 2.55. The Balaban J connectivity index is 2.20. The van der Waals surface area contributed by atoms with Crippen LogP contribution in [-0.4, -0.2) is 23.8 Å². The van der Waals surface area contributed by atoms with Crippen LogP contribution in [0, 0.1) is 0 Å². The number of hydrogen-bond acceptors (Lipinski definition) is 3. The van der Waals surface area contributed by atoms with Crippen LogP contribution in [0.1, 0.15) is 19.4 Å². The van der Waals surface area contributed by atoms with Crippen LogP contribution in [0.5, 0.6) is 5.75 Å². The van der Waals surface area contributed by atoms with Crippen molar-refractivity contribution in [2.45, 2.75) is 19.5 Å². The molecule has 1 aromatic rings. The first kappa shape index (κ1) is 12.1. The third kappa shape index (κ3) is 2.35. The lowest BCUT2D eigenvalue weighted by Crippen LogP contribution is -2.44. The van der Waals surface area contributed by atoms with Crippen LogP contribution in [0.15, 0.2) is 24.3 Å². The molecule has 17 heavy (non-hydrogen) atoms. The van der Waals surface area contributed by atoms with Crippen molar-refractivity contribution in [3.05, 3.63) is 29.8 Å². The Labute approximate surface area is 107 Å². The van der Waals surface area contributed by atoms with Crippen LogP contribution < -0.4 is 15.5 Å². The SMILES string of the molecule is CCOc1ccc([C@@]2(C)NC(=S)N(C)N2)cc1. The minimum absolute atomic E-state index is 0.351. The average molecular weight is 251 g/mol. The molecule has 1 aromatic carbocycles. The molecule has 1 saturated heterocycles. The maximum Gasteiger partial charge on any atom is 0.185 e. The summed E-state index contributed by atoms with van der Waals surface area (Å²) in [4.78, 5) is 0. The van der Waals surface area contributed by atoms with E-state index in [-0.39, 0.29) is 5.66 Å². The lowest BCUT2D eigenvalue weighted by atomic mass is 10.0. The minimum Gasteiger partial charge on any atom is -0.494 e. The first-order chi connectivity index (χ1) is 8.05. The van der Waals surface area contributed by atoms with Gasteiger partial charge in [0.1, 0.15) is 11.4 Å². The standard InChI is InChI=1S/C12H17N3OS/c1-4-16-10-7-5-9(6-8-10)12(2)13-11(17)15(3)14-12/h5-8,14H,4H2,1-3H3,(H,13,17)/t12-/m0/s1. The number of thiocarbonyl (C=S) groups is 1. The van der Waals surface area contributed by atoms with Crippen molar-refractivity contribution < 1.29 is 4.74 Å². The largest absolute Gasteiger partial charge is 0.494 e. The van der Waals surface area contributed by atoms with E-state index in [0.717, 1.165) is 11.3 Å². The van der Waals surface area contributed by atoms with E-state index in [0.29, 0.717) is 11.7 Å². The third-order valence-corrected chi connectivity index (χ3v) is 3.17. The molecule has 0 amide bonds. The molecular formula is C12H17N3OS. The molecule has 5 heteroatoms. The van der Waals surface area contributed by atoms with Crippen molar-refractivity contribution in [3.8, 4) is 5.75 Å². The molecule has 0 aliphatic carbocycles. The Bertz CT molecular complexity index is 420. The summed E-state index contributed by atoms with van der Waals surface area (Å²) in [5.74, 6) is 0.883. The fourth-order valence-electron chi connectivity index (χ4n) is 1.90. The Morgan fingerprint density at radius 3 is 2.47 bits per heavy atom. The number of benzene rings is 1. The molecule has 0 bridgehead atoms. The van der Waals surface area contributed by atoms with Crippen molar-refractivity contribution in [1.82, 2.24) is 15.8 Å². The zero-order chi connectivity index (χ0) is 12.5. The van der Waals surface area contributed by atoms with Crippen molar-refractivity contribution in [2.24, 2.45) is 0 Å². The van der Waals surface area contributed by atoms with E-state index in [2.05, 4.69) is 17.7 Å². The number of rotatable bonds is 3. The molecule has 2 N–H and O–H groups in total. The summed E-state index contributed by atoms with van der Waals surface area (Å²) in [5, 5.41) is 5.76. The van der Waals surface area contributed by atoms with Gasteiger partial charge in [-0.15, -0.1) is 0 Å². The molecule has 92 valence electrons. The molecule has 0 unspecified atom stereocenters. The third-order valence-electron chi connectivity index (χ3n) is 2.80. The van der Waals surface area contributed by atoms with Gasteiger partial charge in [0.25, 0.3) is 0 Å². The summed E-state index contributed by atoms with van der Waals surface area (Å²) in [5.41, 5.74) is 4.06. The zero-order valence-corrected chi connectivity index (χ0v) is 11.1. The number of hydrazine groups is 1. The lowest BCUT2D eigenvalue weighted by Gasteiger charge is -2.25. The maximum absolute atomic E-state index is 5.42. The smallest absolute Gasteiger partial charge is 0.185 e. The van der Waals surface area contributed by atoms with Gasteiger partial charge in [0, 0.05) is 7.05 Å². The second-order valence-corrected chi connectivity index (χ2v) is 4.57. The number of nitrogens with one attached hydrogen (secondary N) is 2. The van der Waals surface area contributed by atoms with Gasteiger partial charge < -0.3 is 10.1 Å². The molecule has 1 fully saturated rings. The molecule has 1 aliphatic rings. The maximum atomic E-state index is 5.42. The Hall–Kier alpha value is -1.33. The van der Waals surface area contributed by atoms with Gasteiger partial charge >= 0.3 is 0 Å². The second-order valence-electron chi connectivity index (χ2n) is 4.18. The van der Waals surface area contributed by atoms with Crippen LogP contribution in [0.3, 0.4) is 0 Å². The minimum atomic E-state index is -0.351. The van der Waals surface area contributed by atoms with E-state index >= 15 is 0 Å². The summed E-state index contributed by atoms with van der Waals surface area (Å²) in [6.07, 6.45) is 0. The van der Waals surface area contributed by atoms with E-state index in [1.165, 1.54) is 0 Å². The molecule has 2 rings (SSSR count). The van der Waals surface area contributed by atoms with E-state index in [1.807, 2.05) is 43.2 Å². The Morgan fingerprint density at radius 2 is 2.00 bits per heavy atom. The van der Waals surface area contributed by atoms with Crippen molar-refractivity contribution in [3.63, 3.8) is 0 Å². The van der Waals surface area contributed by atoms with Gasteiger partial charge in [-0.2, -0.15) is 0 Å². The zero-order valence-electron chi connectivity index (χ0n) is 10.3. The van der Waals surface area contributed by atoms with Gasteiger partial charge in [-0.05, 0) is 43.8 Å². The lowest BCUT2D eigenvalue weighted by molar-refractivity contribution is 0.266. The Kier molecular flexibility index (Phi) is 3.22. The summed E-state index contributed by atoms with van der Waals surface area (Å²) in [6.45, 7) is 4.71. The summed E-state index contributed by atoms with van der Waals surface area (Å²) in [6, 6.07) is 8.00. The van der Waals surface area contributed by atoms with Crippen LogP contribution >= 0.6 is 12.2 Å². The molecular weight excluding hydrogens is 234 g/mol. The predicted molar refractivity (Wildman–Crippen MR) is 71.6 cm³/mol. The second kappa shape index (κ2) is 4.50. The molecule has 4 nitrogen and oxygen atoms in total. The van der Waals surface area contributed by atoms with E-state index in [4.69, 9.17) is 17.0 Å². The molecule has 1 atom stereocenters. The van der Waals surface area contributed by atoms with E-state index in [9.17, 15) is 0 Å². The van der Waals surface area contributed by atoms with Crippen LogP contribution in [0.4, 0.5) is 0 Å². The number of ether oxygens (including phenoxy) is 1. The van der Waals surface area contributed by atoms with E-state index < -0.39 is 0 Å². The van der Waals surface area contributed by atoms with Crippen molar-refractivity contribution >= 4 is 17.3 Å². The summed E-state index contributed by atoms with van der Waals surface area (Å²) >= 11 is 5.19. The van der Waals surface area contributed by atoms with Gasteiger partial charge in [0.05, 0.1) is 6.61 Å². The first-order valence-electron chi connectivity index (χ1n) is 5.62. The summed E-state index contributed by atoms with van der Waals surface area (Å²) in [7, 11) is 1.90. The van der Waals surface area contributed by atoms with E-state index in [1.54, 1.807) is 0 Å². The van der Waals surface area contributed by atoms with Crippen molar-refractivity contribution in [1.29, 1.82) is 0 Å². The predicted octanol–water partition coefficient (Wildman–Crippen LogP) is 1.58. The molecule has 0 radical (unpaired) electrons. The molecule has 0 spiro atoms. The van der Waals surface area contributed by atoms with Crippen LogP contribution in [0.25, 0.3) is 0 Å². The molecule has 1 aliphatic heterocycles.